The third kappa shape index (κ3) is 4.45. The second-order valence-corrected chi connectivity index (χ2v) is 7.34. The first-order valence-corrected chi connectivity index (χ1v) is 9.11. The van der Waals surface area contributed by atoms with Crippen LogP contribution in [-0.2, 0) is 6.54 Å². The summed E-state index contributed by atoms with van der Waals surface area (Å²) in [7, 11) is 0. The van der Waals surface area contributed by atoms with E-state index in [9.17, 15) is 0 Å². The Morgan fingerprint density at radius 1 is 0.857 bits per heavy atom. The summed E-state index contributed by atoms with van der Waals surface area (Å²) in [6.07, 6.45) is 8.82. The van der Waals surface area contributed by atoms with E-state index in [1.165, 1.54) is 70.3 Å². The highest BCUT2D eigenvalue weighted by Gasteiger charge is 2.29. The van der Waals surface area contributed by atoms with Crippen LogP contribution in [0.5, 0.6) is 0 Å². The number of piperazine rings is 1. The molecular formula is C18H29ClN2+2. The largest absolute Gasteiger partial charge is 0.323 e. The minimum Gasteiger partial charge on any atom is -0.323 e. The van der Waals surface area contributed by atoms with E-state index >= 15 is 0 Å². The van der Waals surface area contributed by atoms with E-state index < -0.39 is 0 Å². The SMILES string of the molecule is Clc1ccc(C[NH+]2CC[NH+](C3CCCCCC3)CC2)cc1. The maximum absolute atomic E-state index is 5.96. The molecule has 0 unspecified atom stereocenters. The van der Waals surface area contributed by atoms with Gasteiger partial charge in [-0.3, -0.25) is 0 Å². The van der Waals surface area contributed by atoms with Crippen molar-refractivity contribution in [2.45, 2.75) is 51.1 Å². The molecule has 1 heterocycles. The zero-order chi connectivity index (χ0) is 14.5. The van der Waals surface area contributed by atoms with Crippen LogP contribution in [0.25, 0.3) is 0 Å². The molecule has 1 aliphatic heterocycles. The Bertz CT molecular complexity index is 415. The highest BCUT2D eigenvalue weighted by atomic mass is 35.5. The third-order valence-corrected chi connectivity index (χ3v) is 5.65. The van der Waals surface area contributed by atoms with Gasteiger partial charge in [-0.1, -0.05) is 36.6 Å². The van der Waals surface area contributed by atoms with Gasteiger partial charge in [0, 0.05) is 10.6 Å². The molecular weight excluding hydrogens is 280 g/mol. The molecule has 1 aromatic rings. The number of hydrogen-bond acceptors (Lipinski definition) is 0. The quantitative estimate of drug-likeness (QED) is 0.780. The summed E-state index contributed by atoms with van der Waals surface area (Å²) >= 11 is 5.96. The fraction of sp³-hybridized carbons (Fsp3) is 0.667. The van der Waals surface area contributed by atoms with Crippen molar-refractivity contribution in [2.75, 3.05) is 26.2 Å². The number of quaternary nitrogens is 2. The van der Waals surface area contributed by atoms with Crippen LogP contribution >= 0.6 is 11.6 Å². The molecule has 3 heteroatoms. The Labute approximate surface area is 134 Å². The zero-order valence-electron chi connectivity index (χ0n) is 13.0. The fourth-order valence-corrected chi connectivity index (χ4v) is 4.21. The minimum absolute atomic E-state index is 0.844. The Hall–Kier alpha value is -0.570. The van der Waals surface area contributed by atoms with E-state index in [0.29, 0.717) is 0 Å². The lowest BCUT2D eigenvalue weighted by molar-refractivity contribution is -1.03. The molecule has 1 aromatic carbocycles. The van der Waals surface area contributed by atoms with E-state index in [4.69, 9.17) is 11.6 Å². The van der Waals surface area contributed by atoms with Crippen molar-refractivity contribution in [3.8, 4) is 0 Å². The van der Waals surface area contributed by atoms with Gasteiger partial charge in [0.15, 0.2) is 0 Å². The molecule has 0 bridgehead atoms. The topological polar surface area (TPSA) is 8.88 Å². The van der Waals surface area contributed by atoms with Gasteiger partial charge in [-0.15, -0.1) is 0 Å². The molecule has 2 nitrogen and oxygen atoms in total. The highest BCUT2D eigenvalue weighted by Crippen LogP contribution is 2.15. The van der Waals surface area contributed by atoms with Crippen LogP contribution in [-0.4, -0.2) is 32.2 Å². The minimum atomic E-state index is 0.844. The molecule has 1 aliphatic carbocycles. The predicted molar refractivity (Wildman–Crippen MR) is 88.0 cm³/mol. The zero-order valence-corrected chi connectivity index (χ0v) is 13.8. The first-order valence-electron chi connectivity index (χ1n) is 8.74. The summed E-state index contributed by atoms with van der Waals surface area (Å²) in [4.78, 5) is 3.64. The number of hydrogen-bond donors (Lipinski definition) is 2. The maximum Gasteiger partial charge on any atom is 0.127 e. The summed E-state index contributed by atoms with van der Waals surface area (Å²) in [5, 5.41) is 0.844. The van der Waals surface area contributed by atoms with Gasteiger partial charge < -0.3 is 9.80 Å². The molecule has 1 saturated carbocycles. The van der Waals surface area contributed by atoms with E-state index in [-0.39, 0.29) is 0 Å². The fourth-order valence-electron chi connectivity index (χ4n) is 4.09. The van der Waals surface area contributed by atoms with Gasteiger partial charge in [0.05, 0.1) is 6.04 Å². The molecule has 116 valence electrons. The third-order valence-electron chi connectivity index (χ3n) is 5.40. The van der Waals surface area contributed by atoms with Crippen LogP contribution in [0.2, 0.25) is 5.02 Å². The number of nitrogens with one attached hydrogen (secondary N) is 2. The van der Waals surface area contributed by atoms with Crippen LogP contribution in [0.15, 0.2) is 24.3 Å². The van der Waals surface area contributed by atoms with Crippen molar-refractivity contribution >= 4 is 11.6 Å². The van der Waals surface area contributed by atoms with Gasteiger partial charge in [-0.05, 0) is 37.8 Å². The number of halogens is 1. The molecule has 0 aromatic heterocycles. The van der Waals surface area contributed by atoms with Crippen molar-refractivity contribution in [3.05, 3.63) is 34.9 Å². The van der Waals surface area contributed by atoms with Crippen molar-refractivity contribution in [1.29, 1.82) is 0 Å². The Balaban J connectivity index is 1.47. The summed E-state index contributed by atoms with van der Waals surface area (Å²) < 4.78 is 0. The second kappa shape index (κ2) is 7.62. The van der Waals surface area contributed by atoms with Crippen LogP contribution in [0.4, 0.5) is 0 Å². The van der Waals surface area contributed by atoms with Crippen molar-refractivity contribution in [1.82, 2.24) is 0 Å². The van der Waals surface area contributed by atoms with Crippen LogP contribution < -0.4 is 9.80 Å². The summed E-state index contributed by atoms with van der Waals surface area (Å²) in [6, 6.07) is 9.36. The lowest BCUT2D eigenvalue weighted by Gasteiger charge is -2.34. The monoisotopic (exact) mass is 308 g/mol. The van der Waals surface area contributed by atoms with Gasteiger partial charge in [0.25, 0.3) is 0 Å². The average molecular weight is 309 g/mol. The molecule has 1 saturated heterocycles. The molecule has 2 aliphatic rings. The number of rotatable bonds is 3. The summed E-state index contributed by atoms with van der Waals surface area (Å²) in [5.74, 6) is 0. The average Bonchev–Trinajstić information content (AvgIpc) is 2.80. The maximum atomic E-state index is 5.96. The smallest absolute Gasteiger partial charge is 0.127 e. The van der Waals surface area contributed by atoms with Gasteiger partial charge in [-0.25, -0.2) is 0 Å². The molecule has 0 spiro atoms. The molecule has 0 radical (unpaired) electrons. The lowest BCUT2D eigenvalue weighted by Crippen LogP contribution is -3.29. The summed E-state index contributed by atoms with van der Waals surface area (Å²) in [5.41, 5.74) is 1.42. The van der Waals surface area contributed by atoms with Crippen molar-refractivity contribution < 1.29 is 9.80 Å². The lowest BCUT2D eigenvalue weighted by atomic mass is 10.1. The molecule has 0 amide bonds. The van der Waals surface area contributed by atoms with E-state index in [0.717, 1.165) is 17.6 Å². The molecule has 21 heavy (non-hydrogen) atoms. The normalized spacial score (nSPS) is 28.2. The van der Waals surface area contributed by atoms with E-state index in [1.807, 2.05) is 17.0 Å². The second-order valence-electron chi connectivity index (χ2n) is 6.90. The van der Waals surface area contributed by atoms with Gasteiger partial charge >= 0.3 is 0 Å². The van der Waals surface area contributed by atoms with Gasteiger partial charge in [-0.2, -0.15) is 0 Å². The van der Waals surface area contributed by atoms with E-state index in [1.54, 1.807) is 4.90 Å². The van der Waals surface area contributed by atoms with E-state index in [2.05, 4.69) is 12.1 Å². The standard InChI is InChI=1S/C18H27ClN2/c19-17-9-7-16(8-10-17)15-20-11-13-21(14-12-20)18-5-3-1-2-4-6-18/h7-10,18H,1-6,11-15H2/p+2. The summed E-state index contributed by atoms with van der Waals surface area (Å²) in [6.45, 7) is 6.55. The Morgan fingerprint density at radius 3 is 2.10 bits per heavy atom. The van der Waals surface area contributed by atoms with Crippen molar-refractivity contribution in [2.24, 2.45) is 0 Å². The Kier molecular flexibility index (Phi) is 5.56. The first kappa shape index (κ1) is 15.3. The van der Waals surface area contributed by atoms with Crippen LogP contribution in [0.3, 0.4) is 0 Å². The highest BCUT2D eigenvalue weighted by molar-refractivity contribution is 6.30. The Morgan fingerprint density at radius 2 is 1.48 bits per heavy atom. The van der Waals surface area contributed by atoms with Gasteiger partial charge in [0.2, 0.25) is 0 Å². The predicted octanol–water partition coefficient (Wildman–Crippen LogP) is 1.35. The molecule has 3 rings (SSSR count). The van der Waals surface area contributed by atoms with Gasteiger partial charge in [0.1, 0.15) is 32.7 Å². The van der Waals surface area contributed by atoms with Crippen molar-refractivity contribution in [3.63, 3.8) is 0 Å². The molecule has 0 atom stereocenters. The number of benzene rings is 1. The molecule has 2 N–H and O–H groups in total. The van der Waals surface area contributed by atoms with Crippen LogP contribution in [0, 0.1) is 0 Å². The van der Waals surface area contributed by atoms with Crippen LogP contribution in [0.1, 0.15) is 44.1 Å². The molecule has 2 fully saturated rings. The first-order chi connectivity index (χ1) is 10.3.